The van der Waals surface area contributed by atoms with Gasteiger partial charge in [-0.3, -0.25) is 0 Å². The van der Waals surface area contributed by atoms with Gasteiger partial charge in [0.15, 0.2) is 0 Å². The van der Waals surface area contributed by atoms with Crippen LogP contribution in [0.3, 0.4) is 0 Å². The highest BCUT2D eigenvalue weighted by molar-refractivity contribution is 7.14. The van der Waals surface area contributed by atoms with Crippen LogP contribution in [0, 0.1) is 5.82 Å². The van der Waals surface area contributed by atoms with Crippen molar-refractivity contribution < 1.29 is 13.9 Å². The van der Waals surface area contributed by atoms with Gasteiger partial charge < -0.3 is 9.47 Å². The summed E-state index contributed by atoms with van der Waals surface area (Å²) in [5.74, 6) is 1.10. The molecule has 0 fully saturated rings. The molecule has 2 nitrogen and oxygen atoms in total. The van der Waals surface area contributed by atoms with Crippen molar-refractivity contribution in [1.82, 2.24) is 0 Å². The molecule has 3 aromatic carbocycles. The lowest BCUT2D eigenvalue weighted by molar-refractivity contribution is 0.307. The molecule has 1 aromatic heterocycles. The van der Waals surface area contributed by atoms with Crippen LogP contribution < -0.4 is 9.47 Å². The largest absolute Gasteiger partial charge is 0.497 e. The van der Waals surface area contributed by atoms with E-state index in [1.807, 2.05) is 47.8 Å². The highest BCUT2D eigenvalue weighted by atomic mass is 35.5. The van der Waals surface area contributed by atoms with Crippen LogP contribution in [-0.4, -0.2) is 7.11 Å². The Morgan fingerprint density at radius 3 is 2.43 bits per heavy atom. The molecule has 0 bridgehead atoms. The third kappa shape index (κ3) is 4.46. The van der Waals surface area contributed by atoms with Gasteiger partial charge in [-0.05, 0) is 71.6 Å². The first-order chi connectivity index (χ1) is 14.5. The van der Waals surface area contributed by atoms with Crippen LogP contribution in [0.1, 0.15) is 5.56 Å². The molecule has 0 N–H and O–H groups in total. The topological polar surface area (TPSA) is 18.5 Å². The molecule has 0 amide bonds. The molecule has 30 heavy (non-hydrogen) atoms. The highest BCUT2D eigenvalue weighted by Gasteiger charge is 2.15. The van der Waals surface area contributed by atoms with Crippen LogP contribution in [0.25, 0.3) is 21.6 Å². The Bertz CT molecular complexity index is 1170. The third-order valence-electron chi connectivity index (χ3n) is 4.65. The molecule has 0 saturated heterocycles. The summed E-state index contributed by atoms with van der Waals surface area (Å²) in [7, 11) is 1.65. The van der Waals surface area contributed by atoms with Gasteiger partial charge in [0.25, 0.3) is 0 Å². The third-order valence-corrected chi connectivity index (χ3v) is 6.20. The molecule has 0 spiro atoms. The van der Waals surface area contributed by atoms with E-state index in [2.05, 4.69) is 0 Å². The molecule has 152 valence electrons. The normalized spacial score (nSPS) is 10.8. The molecule has 4 rings (SSSR count). The van der Waals surface area contributed by atoms with Crippen LogP contribution in [0.5, 0.6) is 11.5 Å². The second kappa shape index (κ2) is 9.09. The predicted octanol–water partition coefficient (Wildman–Crippen LogP) is 8.12. The van der Waals surface area contributed by atoms with E-state index in [-0.39, 0.29) is 12.4 Å². The van der Waals surface area contributed by atoms with Gasteiger partial charge in [0, 0.05) is 26.6 Å². The van der Waals surface area contributed by atoms with Crippen molar-refractivity contribution in [2.45, 2.75) is 6.61 Å². The summed E-state index contributed by atoms with van der Waals surface area (Å²) in [6, 6.07) is 19.8. The Kier molecular flexibility index (Phi) is 6.28. The molecule has 0 aliphatic heterocycles. The fourth-order valence-corrected chi connectivity index (χ4v) is 4.43. The van der Waals surface area contributed by atoms with E-state index in [4.69, 9.17) is 32.7 Å². The van der Waals surface area contributed by atoms with E-state index in [0.29, 0.717) is 21.4 Å². The molecule has 0 aliphatic rings. The number of rotatable bonds is 6. The summed E-state index contributed by atoms with van der Waals surface area (Å²) >= 11 is 14.1. The molecule has 0 aliphatic carbocycles. The second-order valence-electron chi connectivity index (χ2n) is 6.56. The average Bonchev–Trinajstić information content (AvgIpc) is 3.23. The van der Waals surface area contributed by atoms with E-state index < -0.39 is 0 Å². The minimum absolute atomic E-state index is 0.218. The first-order valence-electron chi connectivity index (χ1n) is 9.13. The number of benzene rings is 3. The fourth-order valence-electron chi connectivity index (χ4n) is 3.12. The van der Waals surface area contributed by atoms with E-state index in [0.717, 1.165) is 27.3 Å². The Labute approximate surface area is 188 Å². The van der Waals surface area contributed by atoms with Gasteiger partial charge >= 0.3 is 0 Å². The van der Waals surface area contributed by atoms with Crippen LogP contribution >= 0.6 is 34.5 Å². The van der Waals surface area contributed by atoms with E-state index in [1.165, 1.54) is 12.1 Å². The van der Waals surface area contributed by atoms with Crippen molar-refractivity contribution in [3.05, 3.63) is 93.5 Å². The monoisotopic (exact) mass is 458 g/mol. The predicted molar refractivity (Wildman–Crippen MR) is 122 cm³/mol. The van der Waals surface area contributed by atoms with Crippen molar-refractivity contribution in [2.24, 2.45) is 0 Å². The first-order valence-corrected chi connectivity index (χ1v) is 10.8. The Morgan fingerprint density at radius 1 is 0.900 bits per heavy atom. The van der Waals surface area contributed by atoms with Crippen molar-refractivity contribution in [3.8, 4) is 33.1 Å². The van der Waals surface area contributed by atoms with Crippen molar-refractivity contribution >= 4 is 34.5 Å². The summed E-state index contributed by atoms with van der Waals surface area (Å²) < 4.78 is 24.6. The maximum atomic E-state index is 13.3. The molecule has 1 heterocycles. The number of thiophene rings is 1. The summed E-state index contributed by atoms with van der Waals surface area (Å²) in [6.07, 6.45) is 0. The van der Waals surface area contributed by atoms with E-state index in [1.54, 1.807) is 30.6 Å². The van der Waals surface area contributed by atoms with Crippen LogP contribution in [0.15, 0.2) is 72.1 Å². The standard InChI is InChI=1S/C24H17Cl2FO2S/c1-28-19-7-3-15(4-8-19)24-20(10-11-30-24)21-12-17(25)5-9-23(21)29-14-16-2-6-18(27)13-22(16)26/h2-13H,14H2,1H3. The van der Waals surface area contributed by atoms with Crippen molar-refractivity contribution in [1.29, 1.82) is 0 Å². The zero-order chi connectivity index (χ0) is 21.1. The molecule has 0 saturated carbocycles. The summed E-state index contributed by atoms with van der Waals surface area (Å²) in [5.41, 5.74) is 3.69. The van der Waals surface area contributed by atoms with Gasteiger partial charge in [-0.2, -0.15) is 0 Å². The zero-order valence-corrected chi connectivity index (χ0v) is 18.3. The van der Waals surface area contributed by atoms with Crippen LogP contribution in [0.4, 0.5) is 4.39 Å². The lowest BCUT2D eigenvalue weighted by atomic mass is 10.0. The zero-order valence-electron chi connectivity index (χ0n) is 16.0. The first kappa shape index (κ1) is 20.7. The number of hydrogen-bond donors (Lipinski definition) is 0. The number of halogens is 3. The molecule has 0 radical (unpaired) electrons. The van der Waals surface area contributed by atoms with Gasteiger partial charge in [0.05, 0.1) is 12.1 Å². The quantitative estimate of drug-likeness (QED) is 0.290. The van der Waals surface area contributed by atoms with Crippen molar-refractivity contribution in [2.75, 3.05) is 7.11 Å². The minimum Gasteiger partial charge on any atom is -0.497 e. The average molecular weight is 459 g/mol. The number of hydrogen-bond acceptors (Lipinski definition) is 3. The molecular formula is C24H17Cl2FO2S. The van der Waals surface area contributed by atoms with E-state index in [9.17, 15) is 4.39 Å². The number of methoxy groups -OCH3 is 1. The molecule has 0 atom stereocenters. The summed E-state index contributed by atoms with van der Waals surface area (Å²) in [4.78, 5) is 1.10. The molecular weight excluding hydrogens is 442 g/mol. The van der Waals surface area contributed by atoms with Crippen LogP contribution in [-0.2, 0) is 6.61 Å². The Hall–Kier alpha value is -2.53. The minimum atomic E-state index is -0.377. The lowest BCUT2D eigenvalue weighted by Crippen LogP contribution is -1.98. The molecule has 0 unspecified atom stereocenters. The highest BCUT2D eigenvalue weighted by Crippen LogP contribution is 2.42. The summed E-state index contributed by atoms with van der Waals surface area (Å²) in [6.45, 7) is 0.218. The Balaban J connectivity index is 1.68. The SMILES string of the molecule is COc1ccc(-c2sccc2-c2cc(Cl)ccc2OCc2ccc(F)cc2Cl)cc1. The van der Waals surface area contributed by atoms with Gasteiger partial charge in [0.2, 0.25) is 0 Å². The lowest BCUT2D eigenvalue weighted by Gasteiger charge is -2.14. The smallest absolute Gasteiger partial charge is 0.127 e. The van der Waals surface area contributed by atoms with Gasteiger partial charge in [-0.15, -0.1) is 11.3 Å². The maximum absolute atomic E-state index is 13.3. The number of ether oxygens (including phenoxy) is 2. The Morgan fingerprint density at radius 2 is 1.70 bits per heavy atom. The van der Waals surface area contributed by atoms with Gasteiger partial charge in [-0.25, -0.2) is 4.39 Å². The molecule has 4 aromatic rings. The van der Waals surface area contributed by atoms with Crippen LogP contribution in [0.2, 0.25) is 10.0 Å². The fraction of sp³-hybridized carbons (Fsp3) is 0.0833. The van der Waals surface area contributed by atoms with Gasteiger partial charge in [-0.1, -0.05) is 29.3 Å². The maximum Gasteiger partial charge on any atom is 0.127 e. The van der Waals surface area contributed by atoms with Gasteiger partial charge in [0.1, 0.15) is 23.9 Å². The second-order valence-corrected chi connectivity index (χ2v) is 8.32. The van der Waals surface area contributed by atoms with Crippen molar-refractivity contribution in [3.63, 3.8) is 0 Å². The van der Waals surface area contributed by atoms with E-state index >= 15 is 0 Å². The summed E-state index contributed by atoms with van der Waals surface area (Å²) in [5, 5.41) is 2.99. The molecule has 6 heteroatoms.